The smallest absolute Gasteiger partial charge is 0.194 e. The standard InChI is InChI=1S/C14H8O3/c15-12-7-3-1-2-4-8(7)13(16)11-9(12)5-6-10-14(11)17-10/h1-6,10,14H. The number of benzene rings is 1. The van der Waals surface area contributed by atoms with Crippen molar-refractivity contribution in [3.63, 3.8) is 0 Å². The van der Waals surface area contributed by atoms with Crippen molar-refractivity contribution in [2.45, 2.75) is 12.2 Å². The fourth-order valence-electron chi connectivity index (χ4n) is 2.56. The predicted octanol–water partition coefficient (Wildman–Crippen LogP) is 1.70. The largest absolute Gasteiger partial charge is 0.360 e. The number of Topliss-reactive ketones (excluding diaryl/α,β-unsaturated/α-hetero) is 2. The minimum Gasteiger partial charge on any atom is -0.360 e. The van der Waals surface area contributed by atoms with Gasteiger partial charge < -0.3 is 4.74 Å². The van der Waals surface area contributed by atoms with Crippen LogP contribution in [0.3, 0.4) is 0 Å². The second kappa shape index (κ2) is 2.81. The number of carbonyl (C=O) groups is 2. The van der Waals surface area contributed by atoms with E-state index in [4.69, 9.17) is 4.74 Å². The van der Waals surface area contributed by atoms with Crippen LogP contribution in [0.1, 0.15) is 20.7 Å². The van der Waals surface area contributed by atoms with Crippen LogP contribution in [0.4, 0.5) is 0 Å². The maximum Gasteiger partial charge on any atom is 0.194 e. The summed E-state index contributed by atoms with van der Waals surface area (Å²) in [5.74, 6) is -0.132. The van der Waals surface area contributed by atoms with Crippen molar-refractivity contribution in [2.24, 2.45) is 0 Å². The lowest BCUT2D eigenvalue weighted by Crippen LogP contribution is -2.26. The fourth-order valence-corrected chi connectivity index (χ4v) is 2.56. The van der Waals surface area contributed by atoms with Gasteiger partial charge in [-0.2, -0.15) is 0 Å². The number of hydrogen-bond acceptors (Lipinski definition) is 3. The molecule has 4 rings (SSSR count). The zero-order valence-corrected chi connectivity index (χ0v) is 8.84. The fraction of sp³-hybridized carbons (Fsp3) is 0.143. The minimum atomic E-state index is -0.195. The number of ketones is 2. The normalized spacial score (nSPS) is 28.7. The Hall–Kier alpha value is -2.00. The van der Waals surface area contributed by atoms with Gasteiger partial charge in [0, 0.05) is 22.3 Å². The van der Waals surface area contributed by atoms with E-state index >= 15 is 0 Å². The molecule has 1 fully saturated rings. The van der Waals surface area contributed by atoms with Crippen molar-refractivity contribution >= 4 is 11.6 Å². The summed E-state index contributed by atoms with van der Waals surface area (Å²) in [4.78, 5) is 24.6. The van der Waals surface area contributed by atoms with E-state index in [1.165, 1.54) is 0 Å². The molecule has 3 nitrogen and oxygen atoms in total. The van der Waals surface area contributed by atoms with E-state index in [0.717, 1.165) is 0 Å². The van der Waals surface area contributed by atoms with Gasteiger partial charge in [-0.1, -0.05) is 36.4 Å². The molecule has 2 unspecified atom stereocenters. The zero-order chi connectivity index (χ0) is 11.6. The van der Waals surface area contributed by atoms with Crippen LogP contribution in [0.25, 0.3) is 0 Å². The molecule has 3 aliphatic rings. The molecule has 82 valence electrons. The van der Waals surface area contributed by atoms with Gasteiger partial charge in [0.25, 0.3) is 0 Å². The molecule has 0 radical (unpaired) electrons. The molecule has 0 amide bonds. The van der Waals surface area contributed by atoms with Crippen molar-refractivity contribution in [1.82, 2.24) is 0 Å². The van der Waals surface area contributed by atoms with Crippen molar-refractivity contribution in [3.05, 3.63) is 58.7 Å². The van der Waals surface area contributed by atoms with Gasteiger partial charge in [-0.25, -0.2) is 0 Å². The molecule has 0 aromatic heterocycles. The Morgan fingerprint density at radius 3 is 2.47 bits per heavy atom. The molecule has 2 atom stereocenters. The Bertz CT molecular complexity index is 637. The highest BCUT2D eigenvalue weighted by molar-refractivity contribution is 6.28. The molecule has 1 aromatic rings. The highest BCUT2D eigenvalue weighted by atomic mass is 16.6. The summed E-state index contributed by atoms with van der Waals surface area (Å²) < 4.78 is 5.36. The second-order valence-corrected chi connectivity index (χ2v) is 4.41. The van der Waals surface area contributed by atoms with Crippen LogP contribution in [0.5, 0.6) is 0 Å². The number of rotatable bonds is 0. The first kappa shape index (κ1) is 9.07. The second-order valence-electron chi connectivity index (χ2n) is 4.41. The van der Waals surface area contributed by atoms with Gasteiger partial charge in [0.2, 0.25) is 0 Å². The number of fused-ring (bicyclic) bond motifs is 3. The van der Waals surface area contributed by atoms with E-state index in [9.17, 15) is 9.59 Å². The van der Waals surface area contributed by atoms with E-state index in [1.807, 2.05) is 6.08 Å². The Balaban J connectivity index is 2.00. The van der Waals surface area contributed by atoms with Gasteiger partial charge in [0.1, 0.15) is 12.2 Å². The van der Waals surface area contributed by atoms with Crippen LogP contribution in [-0.2, 0) is 4.74 Å². The lowest BCUT2D eigenvalue weighted by molar-refractivity contribution is 0.0971. The van der Waals surface area contributed by atoms with E-state index < -0.39 is 0 Å². The van der Waals surface area contributed by atoms with Crippen LogP contribution in [0.15, 0.2) is 47.6 Å². The van der Waals surface area contributed by atoms with Gasteiger partial charge in [0.05, 0.1) is 0 Å². The van der Waals surface area contributed by atoms with Crippen LogP contribution >= 0.6 is 0 Å². The highest BCUT2D eigenvalue weighted by Gasteiger charge is 2.49. The number of epoxide rings is 1. The monoisotopic (exact) mass is 224 g/mol. The van der Waals surface area contributed by atoms with E-state index in [0.29, 0.717) is 22.3 Å². The average Bonchev–Trinajstić information content (AvgIpc) is 3.14. The number of allylic oxidation sites excluding steroid dienone is 2. The first-order valence-electron chi connectivity index (χ1n) is 5.53. The lowest BCUT2D eigenvalue weighted by Gasteiger charge is -2.19. The SMILES string of the molecule is O=C1C2=C(C(=O)c3ccccc31)C1OC1C=C2. The lowest BCUT2D eigenvalue weighted by atomic mass is 9.80. The number of hydrogen-bond donors (Lipinski definition) is 0. The summed E-state index contributed by atoms with van der Waals surface area (Å²) in [5.41, 5.74) is 2.05. The van der Waals surface area contributed by atoms with Crippen molar-refractivity contribution in [1.29, 1.82) is 0 Å². The van der Waals surface area contributed by atoms with Gasteiger partial charge in [-0.05, 0) is 0 Å². The quantitative estimate of drug-likeness (QED) is 0.630. The summed E-state index contributed by atoms with van der Waals surface area (Å²) in [6.07, 6.45) is 3.37. The maximum absolute atomic E-state index is 12.3. The molecule has 1 aliphatic heterocycles. The van der Waals surface area contributed by atoms with Crippen LogP contribution in [0, 0.1) is 0 Å². The third-order valence-electron chi connectivity index (χ3n) is 3.46. The van der Waals surface area contributed by atoms with Crippen LogP contribution < -0.4 is 0 Å². The minimum absolute atomic E-state index is 0.00392. The third kappa shape index (κ3) is 1.04. The summed E-state index contributed by atoms with van der Waals surface area (Å²) in [5, 5.41) is 0. The molecule has 2 aliphatic carbocycles. The van der Waals surface area contributed by atoms with Gasteiger partial charge in [0.15, 0.2) is 11.6 Å². The molecule has 0 saturated carbocycles. The number of carbonyl (C=O) groups excluding carboxylic acids is 2. The Kier molecular flexibility index (Phi) is 1.50. The molecule has 3 heteroatoms. The van der Waals surface area contributed by atoms with E-state index in [2.05, 4.69) is 0 Å². The van der Waals surface area contributed by atoms with E-state index in [1.54, 1.807) is 30.3 Å². The molecule has 1 aromatic carbocycles. The molecule has 17 heavy (non-hydrogen) atoms. The molecule has 1 saturated heterocycles. The van der Waals surface area contributed by atoms with Crippen molar-refractivity contribution in [3.8, 4) is 0 Å². The summed E-state index contributed by atoms with van der Waals surface area (Å²) >= 11 is 0. The Morgan fingerprint density at radius 1 is 1.00 bits per heavy atom. The summed E-state index contributed by atoms with van der Waals surface area (Å²) in [7, 11) is 0. The third-order valence-corrected chi connectivity index (χ3v) is 3.46. The molecular formula is C14H8O3. The summed E-state index contributed by atoms with van der Waals surface area (Å²) in [6.45, 7) is 0. The van der Waals surface area contributed by atoms with Crippen molar-refractivity contribution < 1.29 is 14.3 Å². The van der Waals surface area contributed by atoms with Gasteiger partial charge >= 0.3 is 0 Å². The Morgan fingerprint density at radius 2 is 1.71 bits per heavy atom. The average molecular weight is 224 g/mol. The highest BCUT2D eigenvalue weighted by Crippen LogP contribution is 2.41. The first-order valence-corrected chi connectivity index (χ1v) is 5.53. The number of ether oxygens (including phenoxy) is 1. The molecule has 0 bridgehead atoms. The molecule has 1 heterocycles. The summed E-state index contributed by atoms with van der Waals surface area (Å²) in [6, 6.07) is 6.96. The van der Waals surface area contributed by atoms with Gasteiger partial charge in [-0.15, -0.1) is 0 Å². The maximum atomic E-state index is 12.3. The first-order chi connectivity index (χ1) is 8.27. The molecule has 0 N–H and O–H groups in total. The predicted molar refractivity (Wildman–Crippen MR) is 59.9 cm³/mol. The van der Waals surface area contributed by atoms with Crippen LogP contribution in [0.2, 0.25) is 0 Å². The van der Waals surface area contributed by atoms with E-state index in [-0.39, 0.29) is 23.8 Å². The van der Waals surface area contributed by atoms with Gasteiger partial charge in [-0.3, -0.25) is 9.59 Å². The molecular weight excluding hydrogens is 216 g/mol. The van der Waals surface area contributed by atoms with Crippen LogP contribution in [-0.4, -0.2) is 23.8 Å². The topological polar surface area (TPSA) is 46.7 Å². The Labute approximate surface area is 97.4 Å². The van der Waals surface area contributed by atoms with Crippen molar-refractivity contribution in [2.75, 3.05) is 0 Å². The molecule has 0 spiro atoms. The zero-order valence-electron chi connectivity index (χ0n) is 8.84.